The number of hydrogen-bond acceptors (Lipinski definition) is 3. The smallest absolute Gasteiger partial charge is 0.407 e. The van der Waals surface area contributed by atoms with Crippen molar-refractivity contribution in [3.63, 3.8) is 0 Å². The van der Waals surface area contributed by atoms with Crippen molar-refractivity contribution in [1.29, 1.82) is 0 Å². The van der Waals surface area contributed by atoms with Crippen molar-refractivity contribution >= 4 is 12.0 Å². The summed E-state index contributed by atoms with van der Waals surface area (Å²) in [5, 5.41) is 5.59. The van der Waals surface area contributed by atoms with Gasteiger partial charge in [-0.3, -0.25) is 4.79 Å². The highest BCUT2D eigenvalue weighted by Gasteiger charge is 2.18. The Hall–Kier alpha value is -2.04. The van der Waals surface area contributed by atoms with Crippen molar-refractivity contribution in [2.24, 2.45) is 5.92 Å². The van der Waals surface area contributed by atoms with Crippen LogP contribution in [0.2, 0.25) is 0 Å². The van der Waals surface area contributed by atoms with E-state index in [0.29, 0.717) is 19.1 Å². The largest absolute Gasteiger partial charge is 0.450 e. The number of amides is 2. The Kier molecular flexibility index (Phi) is 7.29. The molecule has 5 heteroatoms. The summed E-state index contributed by atoms with van der Waals surface area (Å²) in [5.74, 6) is 0.302. The van der Waals surface area contributed by atoms with Gasteiger partial charge in [0, 0.05) is 6.54 Å². The molecule has 0 heterocycles. The first-order valence-corrected chi connectivity index (χ1v) is 7.27. The van der Waals surface area contributed by atoms with Crippen LogP contribution in [0.4, 0.5) is 4.79 Å². The van der Waals surface area contributed by atoms with Gasteiger partial charge in [-0.25, -0.2) is 4.79 Å². The molecule has 0 aliphatic carbocycles. The van der Waals surface area contributed by atoms with Gasteiger partial charge in [-0.2, -0.15) is 0 Å². The second-order valence-corrected chi connectivity index (χ2v) is 5.23. The lowest BCUT2D eigenvalue weighted by atomic mass is 10.0. The van der Waals surface area contributed by atoms with Crippen LogP contribution in [0.15, 0.2) is 30.3 Å². The summed E-state index contributed by atoms with van der Waals surface area (Å²) in [7, 11) is 0. The Morgan fingerprint density at radius 1 is 1.19 bits per heavy atom. The number of ether oxygens (including phenoxy) is 1. The van der Waals surface area contributed by atoms with Gasteiger partial charge in [0.25, 0.3) is 0 Å². The van der Waals surface area contributed by atoms with Gasteiger partial charge in [0.1, 0.15) is 0 Å². The van der Waals surface area contributed by atoms with Crippen LogP contribution in [0, 0.1) is 5.92 Å². The van der Waals surface area contributed by atoms with Gasteiger partial charge in [-0.1, -0.05) is 44.2 Å². The zero-order valence-electron chi connectivity index (χ0n) is 12.9. The van der Waals surface area contributed by atoms with Crippen LogP contribution < -0.4 is 10.6 Å². The summed E-state index contributed by atoms with van der Waals surface area (Å²) in [6.45, 7) is 6.73. The van der Waals surface area contributed by atoms with E-state index in [1.807, 2.05) is 44.2 Å². The van der Waals surface area contributed by atoms with Crippen molar-refractivity contribution < 1.29 is 14.3 Å². The molecule has 0 aliphatic heterocycles. The first-order chi connectivity index (χ1) is 10.0. The summed E-state index contributed by atoms with van der Waals surface area (Å²) in [6, 6.07) is 9.02. The summed E-state index contributed by atoms with van der Waals surface area (Å²) < 4.78 is 4.89. The van der Waals surface area contributed by atoms with E-state index >= 15 is 0 Å². The second-order valence-electron chi connectivity index (χ2n) is 5.23. The quantitative estimate of drug-likeness (QED) is 0.812. The molecule has 21 heavy (non-hydrogen) atoms. The molecular weight excluding hydrogens is 268 g/mol. The summed E-state index contributed by atoms with van der Waals surface area (Å²) in [6.07, 6.45) is -0.321. The van der Waals surface area contributed by atoms with E-state index < -0.39 is 12.1 Å². The fourth-order valence-electron chi connectivity index (χ4n) is 1.83. The number of carbonyl (C=O) groups excluding carboxylic acids is 2. The maximum atomic E-state index is 12.0. The highest BCUT2D eigenvalue weighted by Crippen LogP contribution is 2.16. The molecule has 0 spiro atoms. The Morgan fingerprint density at radius 2 is 1.86 bits per heavy atom. The molecule has 0 bridgehead atoms. The highest BCUT2D eigenvalue weighted by atomic mass is 16.5. The maximum absolute atomic E-state index is 12.0. The van der Waals surface area contributed by atoms with E-state index in [0.717, 1.165) is 5.56 Å². The number of nitrogens with one attached hydrogen (secondary N) is 2. The first-order valence-electron chi connectivity index (χ1n) is 7.27. The van der Waals surface area contributed by atoms with E-state index in [-0.39, 0.29) is 12.3 Å². The van der Waals surface area contributed by atoms with Gasteiger partial charge in [-0.15, -0.1) is 0 Å². The van der Waals surface area contributed by atoms with E-state index in [4.69, 9.17) is 4.74 Å². The molecule has 116 valence electrons. The topological polar surface area (TPSA) is 67.4 Å². The number of carbonyl (C=O) groups is 2. The second kappa shape index (κ2) is 9.00. The monoisotopic (exact) mass is 292 g/mol. The molecule has 1 unspecified atom stereocenters. The van der Waals surface area contributed by atoms with Gasteiger partial charge in [-0.05, 0) is 18.4 Å². The third-order valence-corrected chi connectivity index (χ3v) is 2.87. The molecule has 2 amide bonds. The van der Waals surface area contributed by atoms with Crippen molar-refractivity contribution in [3.8, 4) is 0 Å². The van der Waals surface area contributed by atoms with Gasteiger partial charge >= 0.3 is 6.09 Å². The Bertz CT molecular complexity index is 446. The van der Waals surface area contributed by atoms with Gasteiger partial charge in [0.2, 0.25) is 5.91 Å². The van der Waals surface area contributed by atoms with E-state index in [2.05, 4.69) is 10.6 Å². The molecule has 5 nitrogen and oxygen atoms in total. The van der Waals surface area contributed by atoms with E-state index in [1.165, 1.54) is 0 Å². The molecule has 0 fully saturated rings. The number of benzene rings is 1. The average Bonchev–Trinajstić information content (AvgIpc) is 2.45. The lowest BCUT2D eigenvalue weighted by Gasteiger charge is -2.19. The molecular formula is C16H24N2O3. The van der Waals surface area contributed by atoms with Crippen LogP contribution in [0.5, 0.6) is 0 Å². The van der Waals surface area contributed by atoms with Crippen molar-refractivity contribution in [3.05, 3.63) is 35.9 Å². The van der Waals surface area contributed by atoms with Crippen LogP contribution in [-0.4, -0.2) is 25.2 Å². The molecule has 1 aromatic rings. The minimum absolute atomic E-state index is 0.0886. The molecule has 0 radical (unpaired) electrons. The van der Waals surface area contributed by atoms with E-state index in [9.17, 15) is 9.59 Å². The van der Waals surface area contributed by atoms with Gasteiger partial charge < -0.3 is 15.4 Å². The third-order valence-electron chi connectivity index (χ3n) is 2.87. The maximum Gasteiger partial charge on any atom is 0.407 e. The molecule has 2 N–H and O–H groups in total. The van der Waals surface area contributed by atoms with Crippen LogP contribution >= 0.6 is 0 Å². The average molecular weight is 292 g/mol. The van der Waals surface area contributed by atoms with Crippen LogP contribution in [0.25, 0.3) is 0 Å². The minimum atomic E-state index is -0.511. The lowest BCUT2D eigenvalue weighted by Crippen LogP contribution is -2.35. The molecule has 1 aromatic carbocycles. The highest BCUT2D eigenvalue weighted by molar-refractivity contribution is 5.78. The van der Waals surface area contributed by atoms with Crippen LogP contribution in [0.3, 0.4) is 0 Å². The standard InChI is InChI=1S/C16H24N2O3/c1-4-21-16(20)18-14(13-8-6-5-7-9-13)10-15(19)17-11-12(2)3/h5-9,12,14H,4,10-11H2,1-3H3,(H,17,19)(H,18,20). The number of hydrogen-bond donors (Lipinski definition) is 2. The Balaban J connectivity index is 2.68. The zero-order valence-corrected chi connectivity index (χ0v) is 12.9. The minimum Gasteiger partial charge on any atom is -0.450 e. The lowest BCUT2D eigenvalue weighted by molar-refractivity contribution is -0.121. The molecule has 0 saturated heterocycles. The Labute approximate surface area is 126 Å². The summed E-state index contributed by atoms with van der Waals surface area (Å²) in [5.41, 5.74) is 0.880. The fourth-order valence-corrected chi connectivity index (χ4v) is 1.83. The molecule has 0 saturated carbocycles. The van der Waals surface area contributed by atoms with Crippen LogP contribution in [-0.2, 0) is 9.53 Å². The van der Waals surface area contributed by atoms with Crippen molar-refractivity contribution in [1.82, 2.24) is 10.6 Å². The number of alkyl carbamates (subject to hydrolysis) is 1. The third kappa shape index (κ3) is 6.79. The van der Waals surface area contributed by atoms with Crippen molar-refractivity contribution in [2.75, 3.05) is 13.2 Å². The van der Waals surface area contributed by atoms with E-state index in [1.54, 1.807) is 6.92 Å². The summed E-state index contributed by atoms with van der Waals surface area (Å²) in [4.78, 5) is 23.6. The molecule has 0 aromatic heterocycles. The molecule has 1 atom stereocenters. The van der Waals surface area contributed by atoms with Gasteiger partial charge in [0.15, 0.2) is 0 Å². The number of rotatable bonds is 7. The van der Waals surface area contributed by atoms with Crippen molar-refractivity contribution in [2.45, 2.75) is 33.2 Å². The normalized spacial score (nSPS) is 11.8. The molecule has 0 aliphatic rings. The fraction of sp³-hybridized carbons (Fsp3) is 0.500. The predicted octanol–water partition coefficient (Wildman–Crippen LogP) is 2.64. The van der Waals surface area contributed by atoms with Gasteiger partial charge in [0.05, 0.1) is 19.1 Å². The zero-order chi connectivity index (χ0) is 15.7. The molecule has 1 rings (SSSR count). The Morgan fingerprint density at radius 3 is 2.43 bits per heavy atom. The summed E-state index contributed by atoms with van der Waals surface area (Å²) >= 11 is 0. The van der Waals surface area contributed by atoms with Crippen LogP contribution in [0.1, 0.15) is 38.8 Å². The first kappa shape index (κ1) is 17.0. The predicted molar refractivity (Wildman–Crippen MR) is 81.8 cm³/mol. The SMILES string of the molecule is CCOC(=O)NC(CC(=O)NCC(C)C)c1ccccc1.